The van der Waals surface area contributed by atoms with Gasteiger partial charge in [0.15, 0.2) is 0 Å². The lowest BCUT2D eigenvalue weighted by atomic mass is 10.2. The molecule has 2 aliphatic rings. The largest absolute Gasteiger partial charge is 0.490 e. The van der Waals surface area contributed by atoms with Gasteiger partial charge in [0.1, 0.15) is 11.9 Å². The topological polar surface area (TPSA) is 47.6 Å². The van der Waals surface area contributed by atoms with Crippen molar-refractivity contribution in [1.29, 1.82) is 0 Å². The Bertz CT molecular complexity index is 463. The molecule has 4 nitrogen and oxygen atoms in total. The molecule has 0 aromatic heterocycles. The van der Waals surface area contributed by atoms with Crippen molar-refractivity contribution in [2.24, 2.45) is 0 Å². The van der Waals surface area contributed by atoms with E-state index in [-0.39, 0.29) is 12.0 Å². The Labute approximate surface area is 119 Å². The minimum atomic E-state index is -0.297. The van der Waals surface area contributed by atoms with E-state index in [0.717, 1.165) is 37.1 Å². The van der Waals surface area contributed by atoms with E-state index < -0.39 is 0 Å². The lowest BCUT2D eigenvalue weighted by Crippen LogP contribution is -2.26. The van der Waals surface area contributed by atoms with Gasteiger partial charge in [-0.15, -0.1) is 0 Å². The van der Waals surface area contributed by atoms with Crippen molar-refractivity contribution in [2.75, 3.05) is 11.9 Å². The Kier molecular flexibility index (Phi) is 4.21. The monoisotopic (exact) mass is 275 g/mol. The zero-order valence-corrected chi connectivity index (χ0v) is 11.6. The second kappa shape index (κ2) is 6.27. The van der Waals surface area contributed by atoms with Gasteiger partial charge in [-0.3, -0.25) is 4.79 Å². The van der Waals surface area contributed by atoms with Gasteiger partial charge < -0.3 is 14.8 Å². The van der Waals surface area contributed by atoms with E-state index in [2.05, 4.69) is 5.32 Å². The van der Waals surface area contributed by atoms with Crippen molar-refractivity contribution < 1.29 is 14.3 Å². The summed E-state index contributed by atoms with van der Waals surface area (Å²) in [7, 11) is 0. The first-order chi connectivity index (χ1) is 9.81. The van der Waals surface area contributed by atoms with E-state index in [1.165, 1.54) is 12.8 Å². The van der Waals surface area contributed by atoms with E-state index in [9.17, 15) is 4.79 Å². The highest BCUT2D eigenvalue weighted by Gasteiger charge is 2.23. The summed E-state index contributed by atoms with van der Waals surface area (Å²) in [5.41, 5.74) is 0.779. The van der Waals surface area contributed by atoms with E-state index in [0.29, 0.717) is 12.7 Å². The van der Waals surface area contributed by atoms with Gasteiger partial charge in [-0.1, -0.05) is 6.07 Å². The molecule has 1 saturated heterocycles. The zero-order valence-electron chi connectivity index (χ0n) is 11.6. The Morgan fingerprint density at radius 1 is 1.20 bits per heavy atom. The smallest absolute Gasteiger partial charge is 0.253 e. The van der Waals surface area contributed by atoms with Gasteiger partial charge >= 0.3 is 0 Å². The van der Waals surface area contributed by atoms with Gasteiger partial charge in [0.2, 0.25) is 0 Å². The molecule has 1 amide bonds. The Morgan fingerprint density at radius 3 is 2.80 bits per heavy atom. The van der Waals surface area contributed by atoms with Crippen LogP contribution in [0.25, 0.3) is 0 Å². The first kappa shape index (κ1) is 13.4. The fourth-order valence-electron chi connectivity index (χ4n) is 2.85. The molecular weight excluding hydrogens is 254 g/mol. The van der Waals surface area contributed by atoms with Crippen molar-refractivity contribution in [2.45, 2.75) is 50.7 Å². The molecule has 1 aliphatic carbocycles. The number of rotatable bonds is 4. The van der Waals surface area contributed by atoms with Crippen molar-refractivity contribution in [3.05, 3.63) is 24.3 Å². The van der Waals surface area contributed by atoms with Crippen LogP contribution < -0.4 is 10.1 Å². The summed E-state index contributed by atoms with van der Waals surface area (Å²) in [6.07, 6.45) is 6.57. The summed E-state index contributed by atoms with van der Waals surface area (Å²) < 4.78 is 11.3. The number of ether oxygens (including phenoxy) is 2. The third kappa shape index (κ3) is 3.31. The average molecular weight is 275 g/mol. The predicted octanol–water partition coefficient (Wildman–Crippen LogP) is 3.13. The van der Waals surface area contributed by atoms with Crippen LogP contribution in [0.4, 0.5) is 5.69 Å². The number of hydrogen-bond donors (Lipinski definition) is 1. The normalized spacial score (nSPS) is 22.9. The number of carbonyl (C=O) groups is 1. The molecule has 108 valence electrons. The van der Waals surface area contributed by atoms with Gasteiger partial charge in [-0.25, -0.2) is 0 Å². The van der Waals surface area contributed by atoms with Crippen LogP contribution in [0.3, 0.4) is 0 Å². The fraction of sp³-hybridized carbons (Fsp3) is 0.562. The van der Waals surface area contributed by atoms with Gasteiger partial charge in [0, 0.05) is 18.4 Å². The fourth-order valence-corrected chi connectivity index (χ4v) is 2.85. The average Bonchev–Trinajstić information content (AvgIpc) is 3.12. The summed E-state index contributed by atoms with van der Waals surface area (Å²) in [6, 6.07) is 7.63. The maximum Gasteiger partial charge on any atom is 0.253 e. The number of benzene rings is 1. The Morgan fingerprint density at radius 2 is 2.05 bits per heavy atom. The third-order valence-electron chi connectivity index (χ3n) is 3.93. The van der Waals surface area contributed by atoms with Crippen LogP contribution in [0.1, 0.15) is 38.5 Å². The molecule has 1 unspecified atom stereocenters. The van der Waals surface area contributed by atoms with Crippen LogP contribution >= 0.6 is 0 Å². The quantitative estimate of drug-likeness (QED) is 0.918. The minimum absolute atomic E-state index is 0.0551. The standard InChI is InChI=1S/C16H21NO3/c18-16(15-9-4-10-19-15)17-12-5-3-8-14(11-12)20-13-6-1-2-7-13/h3,5,8,11,13,15H,1-2,4,6-7,9-10H2,(H,17,18). The number of anilines is 1. The molecule has 20 heavy (non-hydrogen) atoms. The molecule has 1 heterocycles. The van der Waals surface area contributed by atoms with Gasteiger partial charge in [0.25, 0.3) is 5.91 Å². The highest BCUT2D eigenvalue weighted by Crippen LogP contribution is 2.26. The predicted molar refractivity (Wildman–Crippen MR) is 76.9 cm³/mol. The van der Waals surface area contributed by atoms with E-state index in [1.54, 1.807) is 0 Å². The van der Waals surface area contributed by atoms with E-state index >= 15 is 0 Å². The Balaban J connectivity index is 1.59. The molecule has 4 heteroatoms. The van der Waals surface area contributed by atoms with Crippen LogP contribution in [0.5, 0.6) is 5.75 Å². The highest BCUT2D eigenvalue weighted by atomic mass is 16.5. The first-order valence-corrected chi connectivity index (χ1v) is 7.50. The van der Waals surface area contributed by atoms with Crippen LogP contribution in [-0.2, 0) is 9.53 Å². The number of nitrogens with one attached hydrogen (secondary N) is 1. The van der Waals surface area contributed by atoms with Crippen LogP contribution in [0.15, 0.2) is 24.3 Å². The molecule has 2 fully saturated rings. The van der Waals surface area contributed by atoms with Gasteiger partial charge in [-0.2, -0.15) is 0 Å². The second-order valence-corrected chi connectivity index (χ2v) is 5.54. The van der Waals surface area contributed by atoms with Crippen molar-refractivity contribution in [3.8, 4) is 5.75 Å². The van der Waals surface area contributed by atoms with E-state index in [4.69, 9.17) is 9.47 Å². The maximum absolute atomic E-state index is 12.0. The molecule has 0 spiro atoms. The lowest BCUT2D eigenvalue weighted by Gasteiger charge is -2.15. The summed E-state index contributed by atoms with van der Waals surface area (Å²) in [5, 5.41) is 2.91. The SMILES string of the molecule is O=C(Nc1cccc(OC2CCCC2)c1)C1CCCO1. The number of carbonyl (C=O) groups excluding carboxylic acids is 1. The highest BCUT2D eigenvalue weighted by molar-refractivity contribution is 5.94. The number of amides is 1. The van der Waals surface area contributed by atoms with Gasteiger partial charge in [0.05, 0.1) is 6.10 Å². The van der Waals surface area contributed by atoms with Crippen molar-refractivity contribution in [3.63, 3.8) is 0 Å². The van der Waals surface area contributed by atoms with E-state index in [1.807, 2.05) is 24.3 Å². The van der Waals surface area contributed by atoms with Crippen molar-refractivity contribution in [1.82, 2.24) is 0 Å². The minimum Gasteiger partial charge on any atom is -0.490 e. The molecule has 3 rings (SSSR count). The lowest BCUT2D eigenvalue weighted by molar-refractivity contribution is -0.124. The Hall–Kier alpha value is -1.55. The summed E-state index contributed by atoms with van der Waals surface area (Å²) in [4.78, 5) is 12.0. The van der Waals surface area contributed by atoms with Gasteiger partial charge in [-0.05, 0) is 50.7 Å². The zero-order chi connectivity index (χ0) is 13.8. The molecule has 1 aromatic rings. The molecule has 0 radical (unpaired) electrons. The molecule has 1 N–H and O–H groups in total. The van der Waals surface area contributed by atoms with Crippen LogP contribution in [0, 0.1) is 0 Å². The maximum atomic E-state index is 12.0. The molecule has 1 aliphatic heterocycles. The third-order valence-corrected chi connectivity index (χ3v) is 3.93. The molecule has 1 aromatic carbocycles. The molecule has 1 atom stereocenters. The summed E-state index contributed by atoms with van der Waals surface area (Å²) >= 11 is 0. The summed E-state index contributed by atoms with van der Waals surface area (Å²) in [5.74, 6) is 0.780. The molecular formula is C16H21NO3. The first-order valence-electron chi connectivity index (χ1n) is 7.50. The number of hydrogen-bond acceptors (Lipinski definition) is 3. The molecule has 1 saturated carbocycles. The van der Waals surface area contributed by atoms with Crippen molar-refractivity contribution >= 4 is 11.6 Å². The second-order valence-electron chi connectivity index (χ2n) is 5.54. The van der Waals surface area contributed by atoms with Crippen LogP contribution in [-0.4, -0.2) is 24.7 Å². The molecule has 0 bridgehead atoms. The van der Waals surface area contributed by atoms with Crippen LogP contribution in [0.2, 0.25) is 0 Å². The summed E-state index contributed by atoms with van der Waals surface area (Å²) in [6.45, 7) is 0.683.